The van der Waals surface area contributed by atoms with E-state index in [1.54, 1.807) is 0 Å². The van der Waals surface area contributed by atoms with Gasteiger partial charge in [-0.25, -0.2) is 4.18 Å². The molecule has 78 valence electrons. The van der Waals surface area contributed by atoms with Crippen molar-refractivity contribution in [3.8, 4) is 0 Å². The smallest absolute Gasteiger partial charge is 0.523 e. The molecule has 13 heavy (non-hydrogen) atoms. The average Bonchev–Trinajstić information content (AvgIpc) is 1.82. The van der Waals surface area contributed by atoms with Gasteiger partial charge < -0.3 is 4.89 Å². The van der Waals surface area contributed by atoms with Crippen LogP contribution in [-0.4, -0.2) is 20.7 Å². The highest BCUT2D eigenvalue weighted by atomic mass is 32.2. The highest BCUT2D eigenvalue weighted by Gasteiger charge is 2.47. The van der Waals surface area contributed by atoms with Gasteiger partial charge in [0, 0.05) is 0 Å². The molecule has 0 amide bonds. The van der Waals surface area contributed by atoms with E-state index >= 15 is 0 Å². The van der Waals surface area contributed by atoms with E-state index in [9.17, 15) is 31.0 Å². The summed E-state index contributed by atoms with van der Waals surface area (Å²) >= 11 is 0. The molecule has 0 rings (SSSR count). The lowest BCUT2D eigenvalue weighted by molar-refractivity contribution is -0.190. The van der Waals surface area contributed by atoms with Crippen LogP contribution in [0.3, 0.4) is 0 Å². The molecule has 0 fully saturated rings. The molecule has 0 heterocycles. The Morgan fingerprint density at radius 1 is 1.38 bits per heavy atom. The lowest BCUT2D eigenvalue weighted by Gasteiger charge is -2.05. The van der Waals surface area contributed by atoms with Gasteiger partial charge in [0.1, 0.15) is 0 Å². The second-order valence-electron chi connectivity index (χ2n) is 1.49. The van der Waals surface area contributed by atoms with Crippen LogP contribution in [0.2, 0.25) is 0 Å². The van der Waals surface area contributed by atoms with Gasteiger partial charge in [0.25, 0.3) is 0 Å². The summed E-state index contributed by atoms with van der Waals surface area (Å²) in [5.74, 6) is 0. The Balaban J connectivity index is 4.15. The maximum absolute atomic E-state index is 11.4. The van der Waals surface area contributed by atoms with Gasteiger partial charge in [0.2, 0.25) is 6.79 Å². The third kappa shape index (κ3) is 4.48. The highest BCUT2D eigenvalue weighted by Crippen LogP contribution is 2.25. The molecule has 0 aliphatic rings. The molecule has 0 bridgehead atoms. The Morgan fingerprint density at radius 3 is 2.15 bits per heavy atom. The van der Waals surface area contributed by atoms with E-state index in [0.717, 1.165) is 0 Å². The van der Waals surface area contributed by atoms with E-state index < -0.39 is 30.7 Å². The number of alkyl halides is 3. The average molecular weight is 242 g/mol. The Hall–Kier alpha value is -0.280. The summed E-state index contributed by atoms with van der Waals surface area (Å²) in [5.41, 5.74) is -5.59. The minimum Gasteiger partial charge on any atom is -0.566 e. The van der Waals surface area contributed by atoms with Crippen molar-refractivity contribution in [3.63, 3.8) is 0 Å². The van der Waals surface area contributed by atoms with E-state index in [1.807, 2.05) is 0 Å². The van der Waals surface area contributed by atoms with Crippen LogP contribution >= 0.6 is 8.25 Å². The molecule has 0 N–H and O–H groups in total. The maximum atomic E-state index is 11.4. The summed E-state index contributed by atoms with van der Waals surface area (Å²) < 4.78 is 70.5. The van der Waals surface area contributed by atoms with Gasteiger partial charge in [-0.15, -0.1) is 4.52 Å². The first kappa shape index (κ1) is 12.7. The predicted octanol–water partition coefficient (Wildman–Crippen LogP) is -0.156. The summed E-state index contributed by atoms with van der Waals surface area (Å²) in [6.45, 7) is -1.53. The fourth-order valence-electron chi connectivity index (χ4n) is 0.195. The molecule has 0 radical (unpaired) electrons. The topological polar surface area (TPSA) is 92.7 Å². The lowest BCUT2D eigenvalue weighted by atomic mass is 11.5. The van der Waals surface area contributed by atoms with E-state index in [1.165, 1.54) is 0 Å². The van der Waals surface area contributed by atoms with Crippen molar-refractivity contribution in [2.24, 2.45) is 0 Å². The molecular weight excluding hydrogens is 240 g/mol. The van der Waals surface area contributed by atoms with Crippen molar-refractivity contribution >= 4 is 18.4 Å². The zero-order valence-corrected chi connectivity index (χ0v) is 7.36. The van der Waals surface area contributed by atoms with Crippen LogP contribution in [-0.2, 0) is 23.4 Å². The van der Waals surface area contributed by atoms with Crippen LogP contribution in [0.15, 0.2) is 0 Å². The Bertz CT molecular complexity index is 281. The normalized spacial score (nSPS) is 14.3. The minimum absolute atomic E-state index is 1.53. The second-order valence-corrected chi connectivity index (χ2v) is 3.80. The van der Waals surface area contributed by atoms with E-state index in [0.29, 0.717) is 0 Å². The summed E-state index contributed by atoms with van der Waals surface area (Å²) in [6.07, 6.45) is 0. The van der Waals surface area contributed by atoms with E-state index in [2.05, 4.69) is 8.71 Å². The zero-order chi connectivity index (χ0) is 10.7. The number of hydrogen-bond donors (Lipinski definition) is 0. The fraction of sp³-hybridized carbons (Fsp3) is 1.00. The third-order valence-electron chi connectivity index (χ3n) is 0.645. The molecule has 0 aromatic carbocycles. The molecular formula is C2H2F3O6PS. The minimum atomic E-state index is -5.79. The van der Waals surface area contributed by atoms with Crippen molar-refractivity contribution in [1.29, 1.82) is 0 Å². The first-order valence-electron chi connectivity index (χ1n) is 2.40. The predicted molar refractivity (Wildman–Crippen MR) is 29.6 cm³/mol. The number of hydrogen-bond acceptors (Lipinski definition) is 6. The Morgan fingerprint density at radius 2 is 1.85 bits per heavy atom. The van der Waals surface area contributed by atoms with Gasteiger partial charge >= 0.3 is 23.9 Å². The molecule has 1 atom stereocenters. The highest BCUT2D eigenvalue weighted by molar-refractivity contribution is 7.87. The quantitative estimate of drug-likeness (QED) is 0.294. The largest absolute Gasteiger partial charge is 0.566 e. The van der Waals surface area contributed by atoms with Crippen LogP contribution in [0.4, 0.5) is 13.2 Å². The molecule has 11 heteroatoms. The van der Waals surface area contributed by atoms with Gasteiger partial charge in [0.15, 0.2) is 0 Å². The van der Waals surface area contributed by atoms with Crippen LogP contribution in [0.5, 0.6) is 0 Å². The van der Waals surface area contributed by atoms with Gasteiger partial charge in [-0.1, -0.05) is 0 Å². The number of halogens is 3. The van der Waals surface area contributed by atoms with Gasteiger partial charge in [-0.05, 0) is 4.57 Å². The summed E-state index contributed by atoms with van der Waals surface area (Å²) in [6, 6.07) is 0. The van der Waals surface area contributed by atoms with E-state index in [-0.39, 0.29) is 0 Å². The molecule has 0 aromatic rings. The van der Waals surface area contributed by atoms with Crippen molar-refractivity contribution in [3.05, 3.63) is 0 Å². The molecule has 0 saturated heterocycles. The lowest BCUT2D eigenvalue weighted by Crippen LogP contribution is -2.26. The molecule has 0 spiro atoms. The first-order valence-corrected chi connectivity index (χ1v) is 4.90. The number of rotatable bonds is 4. The standard InChI is InChI=1S/C2H2F3O6PS/c3-2(4,5)13(8,9)11-1-10-12(6)7/h1H2. The van der Waals surface area contributed by atoms with Gasteiger partial charge in [0.05, 0.1) is 0 Å². The fourth-order valence-corrected chi connectivity index (χ4v) is 0.713. The molecule has 6 nitrogen and oxygen atoms in total. The van der Waals surface area contributed by atoms with Crippen molar-refractivity contribution in [1.82, 2.24) is 0 Å². The van der Waals surface area contributed by atoms with Crippen molar-refractivity contribution in [2.75, 3.05) is 6.79 Å². The van der Waals surface area contributed by atoms with Crippen LogP contribution in [0, 0.1) is 0 Å². The van der Waals surface area contributed by atoms with Crippen LogP contribution in [0.25, 0.3) is 0 Å². The molecule has 0 aliphatic carbocycles. The van der Waals surface area contributed by atoms with Crippen LogP contribution < -0.4 is 4.89 Å². The van der Waals surface area contributed by atoms with Gasteiger partial charge in [-0.2, -0.15) is 21.6 Å². The summed E-state index contributed by atoms with van der Waals surface area (Å²) in [4.78, 5) is 9.59. The second kappa shape index (κ2) is 4.29. The maximum Gasteiger partial charge on any atom is 0.523 e. The van der Waals surface area contributed by atoms with Crippen LogP contribution in [0.1, 0.15) is 0 Å². The molecule has 0 aliphatic heterocycles. The monoisotopic (exact) mass is 242 g/mol. The third-order valence-corrected chi connectivity index (χ3v) is 1.93. The van der Waals surface area contributed by atoms with Crippen molar-refractivity contribution in [2.45, 2.75) is 5.51 Å². The SMILES string of the molecule is O=[P+]([O-])OCOS(=O)(=O)C(F)(F)F. The van der Waals surface area contributed by atoms with E-state index in [4.69, 9.17) is 0 Å². The summed E-state index contributed by atoms with van der Waals surface area (Å²) in [7, 11) is -9.23. The summed E-state index contributed by atoms with van der Waals surface area (Å²) in [5, 5.41) is 0. The first-order chi connectivity index (χ1) is 5.67. The van der Waals surface area contributed by atoms with Crippen molar-refractivity contribution < 1.29 is 39.8 Å². The molecule has 0 aromatic heterocycles. The molecule has 1 unspecified atom stereocenters. The zero-order valence-electron chi connectivity index (χ0n) is 5.65. The Kier molecular flexibility index (Phi) is 4.20. The molecule has 0 saturated carbocycles. The van der Waals surface area contributed by atoms with Gasteiger partial charge in [-0.3, -0.25) is 0 Å². The Labute approximate surface area is 71.3 Å².